The Kier molecular flexibility index (Phi) is 5.88. The molecule has 8 heteroatoms. The number of aryl methyl sites for hydroxylation is 1. The fourth-order valence-electron chi connectivity index (χ4n) is 4.28. The van der Waals surface area contributed by atoms with E-state index < -0.39 is 10.0 Å². The Morgan fingerprint density at radius 3 is 2.63 bits per heavy atom. The van der Waals surface area contributed by atoms with E-state index in [4.69, 9.17) is 9.97 Å². The first-order chi connectivity index (χ1) is 14.4. The van der Waals surface area contributed by atoms with Gasteiger partial charge in [-0.1, -0.05) is 30.3 Å². The van der Waals surface area contributed by atoms with Gasteiger partial charge in [0.15, 0.2) is 0 Å². The highest BCUT2D eigenvalue weighted by Crippen LogP contribution is 2.33. The molecule has 0 saturated carbocycles. The third-order valence-corrected chi connectivity index (χ3v) is 7.94. The molecule has 1 fully saturated rings. The molecule has 7 nitrogen and oxygen atoms in total. The minimum absolute atomic E-state index is 0.0386. The van der Waals surface area contributed by atoms with Crippen LogP contribution < -0.4 is 4.90 Å². The topological polar surface area (TPSA) is 83.5 Å². The number of benzene rings is 1. The molecule has 0 aliphatic carbocycles. The van der Waals surface area contributed by atoms with Gasteiger partial charge in [0.1, 0.15) is 11.6 Å². The number of hydrogen-bond acceptors (Lipinski definition) is 5. The summed E-state index contributed by atoms with van der Waals surface area (Å²) in [5.74, 6) is 1.51. The summed E-state index contributed by atoms with van der Waals surface area (Å²) in [7, 11) is -3.21. The average Bonchev–Trinajstić information content (AvgIpc) is 3.25. The van der Waals surface area contributed by atoms with Crippen molar-refractivity contribution in [2.24, 2.45) is 0 Å². The van der Waals surface area contributed by atoms with Gasteiger partial charge in [-0.05, 0) is 38.7 Å². The lowest BCUT2D eigenvalue weighted by Gasteiger charge is -2.30. The minimum Gasteiger partial charge on any atom is -0.296 e. The summed E-state index contributed by atoms with van der Waals surface area (Å²) in [6, 6.07) is 10.1. The van der Waals surface area contributed by atoms with Crippen molar-refractivity contribution < 1.29 is 13.2 Å². The van der Waals surface area contributed by atoms with E-state index in [0.717, 1.165) is 17.7 Å². The van der Waals surface area contributed by atoms with E-state index >= 15 is 0 Å². The van der Waals surface area contributed by atoms with Gasteiger partial charge in [0.25, 0.3) is 0 Å². The number of hydrogen-bond donors (Lipinski definition) is 0. The number of carbonyl (C=O) groups is 1. The van der Waals surface area contributed by atoms with Crippen molar-refractivity contribution in [2.75, 3.05) is 30.3 Å². The molecule has 0 spiro atoms. The van der Waals surface area contributed by atoms with Crippen molar-refractivity contribution in [3.05, 3.63) is 53.0 Å². The summed E-state index contributed by atoms with van der Waals surface area (Å²) in [4.78, 5) is 24.0. The monoisotopic (exact) mass is 428 g/mol. The fraction of sp³-hybridized carbons (Fsp3) is 0.500. The zero-order valence-electron chi connectivity index (χ0n) is 17.5. The molecule has 2 aliphatic rings. The van der Waals surface area contributed by atoms with E-state index in [9.17, 15) is 13.2 Å². The van der Waals surface area contributed by atoms with Crippen LogP contribution in [0.1, 0.15) is 48.3 Å². The number of rotatable bonds is 6. The molecule has 2 aliphatic heterocycles. The second kappa shape index (κ2) is 8.43. The maximum absolute atomic E-state index is 12.7. The summed E-state index contributed by atoms with van der Waals surface area (Å²) in [6.07, 6.45) is 2.59. The van der Waals surface area contributed by atoms with Crippen LogP contribution in [0.25, 0.3) is 0 Å². The zero-order valence-corrected chi connectivity index (χ0v) is 18.4. The van der Waals surface area contributed by atoms with Crippen molar-refractivity contribution >= 4 is 21.7 Å². The highest BCUT2D eigenvalue weighted by molar-refractivity contribution is 7.89. The first-order valence-corrected chi connectivity index (χ1v) is 12.2. The Morgan fingerprint density at radius 2 is 1.90 bits per heavy atom. The number of anilines is 1. The standard InChI is InChI=1S/C22H28N4O3S/c1-3-30(28,29)25-13-12-18(15-25)21-23-16(2)19-9-10-20(27)26(22(19)24-21)14-11-17-7-5-4-6-8-17/h4-8,18H,3,9-15H2,1-2H3/t18-/m0/s1. The zero-order chi connectivity index (χ0) is 21.3. The van der Waals surface area contributed by atoms with Crippen LogP contribution in [0, 0.1) is 6.92 Å². The first-order valence-electron chi connectivity index (χ1n) is 10.6. The molecule has 2 aromatic rings. The van der Waals surface area contributed by atoms with Gasteiger partial charge in [-0.2, -0.15) is 0 Å². The summed E-state index contributed by atoms with van der Waals surface area (Å²) >= 11 is 0. The number of fused-ring (bicyclic) bond motifs is 1. The summed E-state index contributed by atoms with van der Waals surface area (Å²) in [5, 5.41) is 0. The molecule has 0 bridgehead atoms. The van der Waals surface area contributed by atoms with Crippen LogP contribution in [-0.4, -0.2) is 54.0 Å². The van der Waals surface area contributed by atoms with Gasteiger partial charge >= 0.3 is 0 Å². The molecule has 1 saturated heterocycles. The van der Waals surface area contributed by atoms with Crippen LogP contribution in [0.5, 0.6) is 0 Å². The molecule has 1 aromatic carbocycles. The van der Waals surface area contributed by atoms with Crippen molar-refractivity contribution in [2.45, 2.75) is 45.4 Å². The Labute approximate surface area is 178 Å². The maximum Gasteiger partial charge on any atom is 0.228 e. The van der Waals surface area contributed by atoms with Gasteiger partial charge in [-0.25, -0.2) is 22.7 Å². The molecule has 0 unspecified atom stereocenters. The highest BCUT2D eigenvalue weighted by Gasteiger charge is 2.34. The Balaban J connectivity index is 1.60. The van der Waals surface area contributed by atoms with Gasteiger partial charge in [0.2, 0.25) is 15.9 Å². The molecule has 0 N–H and O–H groups in total. The molecule has 1 aromatic heterocycles. The van der Waals surface area contributed by atoms with Gasteiger partial charge < -0.3 is 0 Å². The predicted octanol–water partition coefficient (Wildman–Crippen LogP) is 2.45. The third-order valence-electron chi connectivity index (χ3n) is 6.10. The van der Waals surface area contributed by atoms with E-state index in [2.05, 4.69) is 12.1 Å². The van der Waals surface area contributed by atoms with Crippen molar-refractivity contribution in [1.29, 1.82) is 0 Å². The summed E-state index contributed by atoms with van der Waals surface area (Å²) in [6.45, 7) is 5.11. The number of aromatic nitrogens is 2. The van der Waals surface area contributed by atoms with E-state index in [1.165, 1.54) is 9.87 Å². The quantitative estimate of drug-likeness (QED) is 0.706. The predicted molar refractivity (Wildman–Crippen MR) is 116 cm³/mol. The van der Waals surface area contributed by atoms with Gasteiger partial charge in [0, 0.05) is 43.2 Å². The van der Waals surface area contributed by atoms with Gasteiger partial charge in [-0.15, -0.1) is 0 Å². The highest BCUT2D eigenvalue weighted by atomic mass is 32.2. The van der Waals surface area contributed by atoms with Crippen LogP contribution >= 0.6 is 0 Å². The van der Waals surface area contributed by atoms with E-state index in [1.807, 2.05) is 25.1 Å². The lowest BCUT2D eigenvalue weighted by molar-refractivity contribution is -0.118. The van der Waals surface area contributed by atoms with Crippen molar-refractivity contribution in [3.8, 4) is 0 Å². The van der Waals surface area contributed by atoms with Crippen LogP contribution in [-0.2, 0) is 27.7 Å². The molecule has 1 amide bonds. The molecular formula is C22H28N4O3S. The van der Waals surface area contributed by atoms with Crippen molar-refractivity contribution in [3.63, 3.8) is 0 Å². The molecule has 4 rings (SSSR count). The number of carbonyl (C=O) groups excluding carboxylic acids is 1. The van der Waals surface area contributed by atoms with Crippen LogP contribution in [0.15, 0.2) is 30.3 Å². The molecule has 160 valence electrons. The van der Waals surface area contributed by atoms with E-state index in [1.54, 1.807) is 11.8 Å². The molecule has 1 atom stereocenters. The molecular weight excluding hydrogens is 400 g/mol. The SMILES string of the molecule is CCS(=O)(=O)N1CC[C@H](c2nc(C)c3c(n2)N(CCc2ccccc2)C(=O)CC3)C1. The average molecular weight is 429 g/mol. The lowest BCUT2D eigenvalue weighted by Crippen LogP contribution is -2.38. The largest absolute Gasteiger partial charge is 0.296 e. The lowest BCUT2D eigenvalue weighted by atomic mass is 10.0. The number of nitrogens with zero attached hydrogens (tertiary/aromatic N) is 4. The van der Waals surface area contributed by atoms with Crippen molar-refractivity contribution in [1.82, 2.24) is 14.3 Å². The van der Waals surface area contributed by atoms with Crippen LogP contribution in [0.3, 0.4) is 0 Å². The number of amides is 1. The minimum atomic E-state index is -3.21. The summed E-state index contributed by atoms with van der Waals surface area (Å²) in [5.41, 5.74) is 3.10. The van der Waals surface area contributed by atoms with Gasteiger partial charge in [-0.3, -0.25) is 9.69 Å². The Hall–Kier alpha value is -2.32. The Bertz CT molecular complexity index is 1040. The third kappa shape index (κ3) is 4.11. The molecule has 30 heavy (non-hydrogen) atoms. The normalized spacial score (nSPS) is 19.9. The van der Waals surface area contributed by atoms with Crippen LogP contribution in [0.4, 0.5) is 5.82 Å². The van der Waals surface area contributed by atoms with E-state index in [-0.39, 0.29) is 17.6 Å². The van der Waals surface area contributed by atoms with Gasteiger partial charge in [0.05, 0.1) is 5.75 Å². The smallest absolute Gasteiger partial charge is 0.228 e. The van der Waals surface area contributed by atoms with E-state index in [0.29, 0.717) is 50.5 Å². The second-order valence-corrected chi connectivity index (χ2v) is 10.3. The fourth-order valence-corrected chi connectivity index (χ4v) is 5.43. The molecule has 0 radical (unpaired) electrons. The number of sulfonamides is 1. The Morgan fingerprint density at radius 1 is 1.13 bits per heavy atom. The molecule has 3 heterocycles. The van der Waals surface area contributed by atoms with Crippen LogP contribution in [0.2, 0.25) is 0 Å². The second-order valence-electron chi connectivity index (χ2n) is 7.99. The first kappa shape index (κ1) is 20.9. The maximum atomic E-state index is 12.7. The summed E-state index contributed by atoms with van der Waals surface area (Å²) < 4.78 is 26.0.